The van der Waals surface area contributed by atoms with Gasteiger partial charge in [-0.3, -0.25) is 0 Å². The van der Waals surface area contributed by atoms with Crippen LogP contribution < -0.4 is 5.32 Å². The zero-order valence-electron chi connectivity index (χ0n) is 4.94. The minimum atomic E-state index is 0.347. The third-order valence-electron chi connectivity index (χ3n) is 0.690. The predicted octanol–water partition coefficient (Wildman–Crippen LogP) is 1.26. The predicted molar refractivity (Wildman–Crippen MR) is 36.7 cm³/mol. The molecule has 0 aliphatic rings. The van der Waals surface area contributed by atoms with Gasteiger partial charge in [0.15, 0.2) is 0 Å². The second kappa shape index (κ2) is 4.47. The van der Waals surface area contributed by atoms with Crippen molar-refractivity contribution in [2.45, 2.75) is 25.6 Å². The second-order valence-electron chi connectivity index (χ2n) is 1.63. The summed E-state index contributed by atoms with van der Waals surface area (Å²) >= 11 is 4.12. The monoisotopic (exact) mass is 119 g/mol. The molecule has 2 heteroatoms. The van der Waals surface area contributed by atoms with E-state index in [0.29, 0.717) is 5.37 Å². The topological polar surface area (TPSA) is 12.0 Å². The van der Waals surface area contributed by atoms with Crippen LogP contribution in [0.1, 0.15) is 20.3 Å². The smallest absolute Gasteiger partial charge is 0.0473 e. The Morgan fingerprint density at radius 1 is 1.71 bits per heavy atom. The van der Waals surface area contributed by atoms with Crippen LogP contribution in [0.3, 0.4) is 0 Å². The minimum Gasteiger partial charge on any atom is -0.306 e. The largest absolute Gasteiger partial charge is 0.306 e. The summed E-state index contributed by atoms with van der Waals surface area (Å²) in [5.74, 6) is 0. The molecule has 0 aliphatic carbocycles. The molecule has 1 nitrogen and oxygen atoms in total. The maximum absolute atomic E-state index is 4.12. The lowest BCUT2D eigenvalue weighted by molar-refractivity contribution is 0.674. The van der Waals surface area contributed by atoms with Gasteiger partial charge in [0, 0.05) is 5.37 Å². The highest BCUT2D eigenvalue weighted by Crippen LogP contribution is 1.84. The summed E-state index contributed by atoms with van der Waals surface area (Å²) in [6.45, 7) is 5.24. The molecule has 0 aromatic carbocycles. The molecule has 1 N–H and O–H groups in total. The van der Waals surface area contributed by atoms with Crippen molar-refractivity contribution in [3.05, 3.63) is 0 Å². The quantitative estimate of drug-likeness (QED) is 0.421. The van der Waals surface area contributed by atoms with Gasteiger partial charge in [0.25, 0.3) is 0 Å². The zero-order valence-corrected chi connectivity index (χ0v) is 5.83. The van der Waals surface area contributed by atoms with E-state index in [-0.39, 0.29) is 0 Å². The Morgan fingerprint density at radius 3 is 2.43 bits per heavy atom. The molecule has 0 amide bonds. The van der Waals surface area contributed by atoms with E-state index in [1.54, 1.807) is 0 Å². The molecule has 0 aromatic rings. The van der Waals surface area contributed by atoms with Crippen molar-refractivity contribution < 1.29 is 0 Å². The SMILES string of the molecule is CCCNC(C)S. The summed E-state index contributed by atoms with van der Waals surface area (Å²) in [7, 11) is 0. The van der Waals surface area contributed by atoms with Gasteiger partial charge in [-0.05, 0) is 19.9 Å². The molecule has 0 bridgehead atoms. The molecule has 0 saturated heterocycles. The number of hydrogen-bond donors (Lipinski definition) is 2. The van der Waals surface area contributed by atoms with Gasteiger partial charge in [-0.1, -0.05) is 6.92 Å². The van der Waals surface area contributed by atoms with Crippen molar-refractivity contribution >= 4 is 12.6 Å². The maximum Gasteiger partial charge on any atom is 0.0473 e. The third-order valence-corrected chi connectivity index (χ3v) is 0.872. The Balaban J connectivity index is 2.68. The average molecular weight is 119 g/mol. The highest BCUT2D eigenvalue weighted by Gasteiger charge is 1.86. The lowest BCUT2D eigenvalue weighted by Crippen LogP contribution is -2.20. The van der Waals surface area contributed by atoms with Crippen LogP contribution in [-0.4, -0.2) is 11.9 Å². The van der Waals surface area contributed by atoms with Crippen LogP contribution in [0, 0.1) is 0 Å². The van der Waals surface area contributed by atoms with Crippen LogP contribution in [-0.2, 0) is 0 Å². The van der Waals surface area contributed by atoms with Crippen LogP contribution in [0.4, 0.5) is 0 Å². The number of nitrogens with one attached hydrogen (secondary N) is 1. The van der Waals surface area contributed by atoms with E-state index in [9.17, 15) is 0 Å². The van der Waals surface area contributed by atoms with E-state index in [0.717, 1.165) is 6.54 Å². The van der Waals surface area contributed by atoms with Crippen molar-refractivity contribution in [2.24, 2.45) is 0 Å². The summed E-state index contributed by atoms with van der Waals surface area (Å²) < 4.78 is 0. The average Bonchev–Trinajstić information content (AvgIpc) is 1.61. The Hall–Kier alpha value is 0.310. The molecule has 7 heavy (non-hydrogen) atoms. The summed E-state index contributed by atoms with van der Waals surface area (Å²) in [5, 5.41) is 3.51. The Labute approximate surface area is 50.9 Å². The van der Waals surface area contributed by atoms with Crippen LogP contribution in [0.5, 0.6) is 0 Å². The molecular weight excluding hydrogens is 106 g/mol. The molecule has 0 fully saturated rings. The summed E-state index contributed by atoms with van der Waals surface area (Å²) in [6, 6.07) is 0. The first kappa shape index (κ1) is 7.31. The first-order valence-corrected chi connectivity index (χ1v) is 3.20. The van der Waals surface area contributed by atoms with Crippen molar-refractivity contribution in [1.29, 1.82) is 0 Å². The van der Waals surface area contributed by atoms with Crippen LogP contribution >= 0.6 is 12.6 Å². The fourth-order valence-corrected chi connectivity index (χ4v) is 0.482. The lowest BCUT2D eigenvalue weighted by atomic mass is 10.5. The summed E-state index contributed by atoms with van der Waals surface area (Å²) in [4.78, 5) is 0. The number of rotatable bonds is 3. The first-order chi connectivity index (χ1) is 3.27. The fraction of sp³-hybridized carbons (Fsp3) is 1.00. The molecule has 0 heterocycles. The Morgan fingerprint density at radius 2 is 2.29 bits per heavy atom. The number of thiol groups is 1. The van der Waals surface area contributed by atoms with Crippen molar-refractivity contribution in [3.63, 3.8) is 0 Å². The van der Waals surface area contributed by atoms with Gasteiger partial charge in [-0.2, -0.15) is 12.6 Å². The van der Waals surface area contributed by atoms with Crippen molar-refractivity contribution in [2.75, 3.05) is 6.54 Å². The molecule has 0 rings (SSSR count). The lowest BCUT2D eigenvalue weighted by Gasteiger charge is -2.02. The van der Waals surface area contributed by atoms with Crippen LogP contribution in [0.15, 0.2) is 0 Å². The van der Waals surface area contributed by atoms with Crippen molar-refractivity contribution in [3.8, 4) is 0 Å². The van der Waals surface area contributed by atoms with Gasteiger partial charge in [-0.25, -0.2) is 0 Å². The van der Waals surface area contributed by atoms with Gasteiger partial charge in [-0.15, -0.1) is 0 Å². The van der Waals surface area contributed by atoms with E-state index in [1.807, 2.05) is 6.92 Å². The zero-order chi connectivity index (χ0) is 5.70. The molecule has 1 atom stereocenters. The van der Waals surface area contributed by atoms with Gasteiger partial charge in [0.1, 0.15) is 0 Å². The maximum atomic E-state index is 4.12. The molecule has 0 spiro atoms. The molecule has 0 aromatic heterocycles. The Bertz CT molecular complexity index is 37.1. The Kier molecular flexibility index (Phi) is 4.67. The normalized spacial score (nSPS) is 14.1. The fourth-order valence-electron chi connectivity index (χ4n) is 0.353. The molecule has 1 unspecified atom stereocenters. The standard InChI is InChI=1S/C5H13NS/c1-3-4-6-5(2)7/h5-7H,3-4H2,1-2H3. The van der Waals surface area contributed by atoms with Gasteiger partial charge >= 0.3 is 0 Å². The van der Waals surface area contributed by atoms with Gasteiger partial charge in [0.05, 0.1) is 0 Å². The highest BCUT2D eigenvalue weighted by atomic mass is 32.1. The highest BCUT2D eigenvalue weighted by molar-refractivity contribution is 7.80. The van der Waals surface area contributed by atoms with E-state index in [2.05, 4.69) is 24.9 Å². The van der Waals surface area contributed by atoms with E-state index in [4.69, 9.17) is 0 Å². The van der Waals surface area contributed by atoms with E-state index in [1.165, 1.54) is 6.42 Å². The van der Waals surface area contributed by atoms with Gasteiger partial charge in [0.2, 0.25) is 0 Å². The molecule has 0 saturated carbocycles. The molecular formula is C5H13NS. The summed E-state index contributed by atoms with van der Waals surface area (Å²) in [6.07, 6.45) is 1.19. The van der Waals surface area contributed by atoms with E-state index >= 15 is 0 Å². The van der Waals surface area contributed by atoms with Crippen molar-refractivity contribution in [1.82, 2.24) is 5.32 Å². The van der Waals surface area contributed by atoms with Gasteiger partial charge < -0.3 is 5.32 Å². The molecule has 0 aliphatic heterocycles. The van der Waals surface area contributed by atoms with Crippen LogP contribution in [0.25, 0.3) is 0 Å². The third kappa shape index (κ3) is 6.31. The minimum absolute atomic E-state index is 0.347. The van der Waals surface area contributed by atoms with E-state index < -0.39 is 0 Å². The first-order valence-electron chi connectivity index (χ1n) is 2.68. The number of hydrogen-bond acceptors (Lipinski definition) is 2. The molecule has 0 radical (unpaired) electrons. The molecule has 44 valence electrons. The summed E-state index contributed by atoms with van der Waals surface area (Å²) in [5.41, 5.74) is 0. The van der Waals surface area contributed by atoms with Crippen LogP contribution in [0.2, 0.25) is 0 Å². The second-order valence-corrected chi connectivity index (χ2v) is 2.40.